The first-order chi connectivity index (χ1) is 9.11. The monoisotopic (exact) mass is 262 g/mol. The molecule has 1 aromatic carbocycles. The molecule has 1 heterocycles. The summed E-state index contributed by atoms with van der Waals surface area (Å²) in [4.78, 5) is 2.34. The van der Waals surface area contributed by atoms with E-state index in [-0.39, 0.29) is 12.6 Å². The molecular weight excluding hydrogens is 236 g/mol. The van der Waals surface area contributed by atoms with E-state index in [2.05, 4.69) is 55.3 Å². The van der Waals surface area contributed by atoms with Crippen LogP contribution in [-0.4, -0.2) is 37.4 Å². The maximum Gasteiger partial charge on any atom is 0.0647 e. The second-order valence-electron chi connectivity index (χ2n) is 6.00. The molecular formula is C16H26N2O. The van der Waals surface area contributed by atoms with Crippen LogP contribution in [0.25, 0.3) is 0 Å². The second kappa shape index (κ2) is 6.40. The molecule has 19 heavy (non-hydrogen) atoms. The van der Waals surface area contributed by atoms with Gasteiger partial charge in [-0.1, -0.05) is 32.9 Å². The molecule has 0 aromatic heterocycles. The molecule has 1 aliphatic rings. The third-order valence-electron chi connectivity index (χ3n) is 3.92. The van der Waals surface area contributed by atoms with Gasteiger partial charge in [0.05, 0.1) is 12.6 Å². The average molecular weight is 262 g/mol. The first-order valence-electron chi connectivity index (χ1n) is 7.30. The zero-order chi connectivity index (χ0) is 13.8. The van der Waals surface area contributed by atoms with Crippen molar-refractivity contribution in [1.29, 1.82) is 0 Å². The van der Waals surface area contributed by atoms with Gasteiger partial charge in [-0.15, -0.1) is 0 Å². The third-order valence-corrected chi connectivity index (χ3v) is 3.92. The molecule has 1 aromatic rings. The molecule has 1 saturated heterocycles. The van der Waals surface area contributed by atoms with Crippen LogP contribution in [0.15, 0.2) is 24.3 Å². The van der Waals surface area contributed by atoms with Crippen LogP contribution < -0.4 is 10.2 Å². The minimum absolute atomic E-state index is 0.176. The summed E-state index contributed by atoms with van der Waals surface area (Å²) in [6, 6.07) is 8.97. The predicted octanol–water partition coefficient (Wildman–Crippen LogP) is 2.22. The Bertz CT molecular complexity index is 388. The summed E-state index contributed by atoms with van der Waals surface area (Å²) < 4.78 is 0. The summed E-state index contributed by atoms with van der Waals surface area (Å²) in [5.41, 5.74) is 2.59. The number of nitrogens with one attached hydrogen (secondary N) is 1. The molecule has 0 aliphatic carbocycles. The van der Waals surface area contributed by atoms with Gasteiger partial charge < -0.3 is 15.3 Å². The number of hydrogen-bond acceptors (Lipinski definition) is 3. The minimum atomic E-state index is 0.176. The Labute approximate surface area is 116 Å². The van der Waals surface area contributed by atoms with Crippen molar-refractivity contribution in [2.24, 2.45) is 5.92 Å². The fraction of sp³-hybridized carbons (Fsp3) is 0.625. The van der Waals surface area contributed by atoms with Crippen molar-refractivity contribution in [2.75, 3.05) is 31.1 Å². The van der Waals surface area contributed by atoms with Gasteiger partial charge in [0.1, 0.15) is 0 Å². The molecule has 3 nitrogen and oxygen atoms in total. The van der Waals surface area contributed by atoms with Crippen LogP contribution in [0.3, 0.4) is 0 Å². The Morgan fingerprint density at radius 3 is 2.53 bits per heavy atom. The topological polar surface area (TPSA) is 35.5 Å². The van der Waals surface area contributed by atoms with E-state index in [1.165, 1.54) is 11.3 Å². The minimum Gasteiger partial charge on any atom is -0.394 e. The molecule has 3 heteroatoms. The van der Waals surface area contributed by atoms with Crippen LogP contribution in [0.2, 0.25) is 0 Å². The Hall–Kier alpha value is -1.06. The van der Waals surface area contributed by atoms with E-state index in [1.54, 1.807) is 0 Å². The lowest BCUT2D eigenvalue weighted by molar-refractivity contribution is 0.259. The van der Waals surface area contributed by atoms with E-state index in [1.807, 2.05) is 0 Å². The van der Waals surface area contributed by atoms with E-state index >= 15 is 0 Å². The Kier molecular flexibility index (Phi) is 4.83. The summed E-state index contributed by atoms with van der Waals surface area (Å²) >= 11 is 0. The zero-order valence-corrected chi connectivity index (χ0v) is 12.3. The van der Waals surface area contributed by atoms with E-state index in [0.29, 0.717) is 11.8 Å². The summed E-state index contributed by atoms with van der Waals surface area (Å²) in [7, 11) is 0. The number of benzene rings is 1. The molecule has 2 unspecified atom stereocenters. The molecule has 1 fully saturated rings. The molecule has 1 aliphatic heterocycles. The van der Waals surface area contributed by atoms with Crippen LogP contribution in [-0.2, 0) is 0 Å². The highest BCUT2D eigenvalue weighted by atomic mass is 16.3. The summed E-state index contributed by atoms with van der Waals surface area (Å²) in [6.45, 7) is 9.75. The normalized spacial score (nSPS) is 24.6. The van der Waals surface area contributed by atoms with Crippen molar-refractivity contribution in [1.82, 2.24) is 5.32 Å². The highest BCUT2D eigenvalue weighted by Crippen LogP contribution is 2.23. The summed E-state index contributed by atoms with van der Waals surface area (Å²) in [5, 5.41) is 13.0. The molecule has 0 spiro atoms. The molecule has 0 radical (unpaired) electrons. The molecule has 2 N–H and O–H groups in total. The molecule has 0 saturated carbocycles. The lowest BCUT2D eigenvalue weighted by Crippen LogP contribution is -2.42. The van der Waals surface area contributed by atoms with Gasteiger partial charge in [0.25, 0.3) is 0 Å². The number of anilines is 1. The average Bonchev–Trinajstić information content (AvgIpc) is 2.60. The largest absolute Gasteiger partial charge is 0.394 e. The SMILES string of the molecule is CC1CNCC(CO)N(c2ccc(C(C)C)cc2)C1. The Morgan fingerprint density at radius 1 is 1.26 bits per heavy atom. The maximum absolute atomic E-state index is 9.60. The quantitative estimate of drug-likeness (QED) is 0.877. The third kappa shape index (κ3) is 3.48. The Balaban J connectivity index is 2.20. The smallest absolute Gasteiger partial charge is 0.0647 e. The van der Waals surface area contributed by atoms with Crippen LogP contribution in [0.4, 0.5) is 5.69 Å². The number of nitrogens with zero attached hydrogens (tertiary/aromatic N) is 1. The molecule has 106 valence electrons. The zero-order valence-electron chi connectivity index (χ0n) is 12.3. The van der Waals surface area contributed by atoms with Gasteiger partial charge in [-0.2, -0.15) is 0 Å². The second-order valence-corrected chi connectivity index (χ2v) is 6.00. The van der Waals surface area contributed by atoms with Crippen molar-refractivity contribution in [3.63, 3.8) is 0 Å². The molecule has 2 rings (SSSR count). The lowest BCUT2D eigenvalue weighted by Gasteiger charge is -2.32. The van der Waals surface area contributed by atoms with Crippen molar-refractivity contribution < 1.29 is 5.11 Å². The molecule has 0 bridgehead atoms. The number of aliphatic hydroxyl groups excluding tert-OH is 1. The first kappa shape index (κ1) is 14.4. The number of aliphatic hydroxyl groups is 1. The fourth-order valence-electron chi connectivity index (χ4n) is 2.69. The van der Waals surface area contributed by atoms with E-state index in [0.717, 1.165) is 19.6 Å². The Morgan fingerprint density at radius 2 is 1.95 bits per heavy atom. The number of rotatable bonds is 3. The van der Waals surface area contributed by atoms with Crippen molar-refractivity contribution in [3.05, 3.63) is 29.8 Å². The van der Waals surface area contributed by atoms with Gasteiger partial charge in [0, 0.05) is 18.8 Å². The summed E-state index contributed by atoms with van der Waals surface area (Å²) in [5.74, 6) is 1.16. The van der Waals surface area contributed by atoms with Crippen LogP contribution in [0, 0.1) is 5.92 Å². The van der Waals surface area contributed by atoms with Crippen molar-refractivity contribution in [2.45, 2.75) is 32.7 Å². The van der Waals surface area contributed by atoms with Gasteiger partial charge in [0.2, 0.25) is 0 Å². The van der Waals surface area contributed by atoms with E-state index in [4.69, 9.17) is 0 Å². The standard InChI is InChI=1S/C16H26N2O/c1-12(2)14-4-6-15(7-5-14)18-10-13(3)8-17-9-16(18)11-19/h4-7,12-13,16-17,19H,8-11H2,1-3H3. The maximum atomic E-state index is 9.60. The van der Waals surface area contributed by atoms with Crippen LogP contribution in [0.1, 0.15) is 32.3 Å². The van der Waals surface area contributed by atoms with Gasteiger partial charge in [-0.3, -0.25) is 0 Å². The first-order valence-corrected chi connectivity index (χ1v) is 7.30. The highest BCUT2D eigenvalue weighted by Gasteiger charge is 2.23. The lowest BCUT2D eigenvalue weighted by atomic mass is 10.0. The van der Waals surface area contributed by atoms with Crippen LogP contribution in [0.5, 0.6) is 0 Å². The van der Waals surface area contributed by atoms with E-state index < -0.39 is 0 Å². The number of hydrogen-bond donors (Lipinski definition) is 2. The molecule has 2 atom stereocenters. The highest BCUT2D eigenvalue weighted by molar-refractivity contribution is 5.49. The molecule has 0 amide bonds. The summed E-state index contributed by atoms with van der Waals surface area (Å²) in [6.07, 6.45) is 0. The van der Waals surface area contributed by atoms with Crippen molar-refractivity contribution >= 4 is 5.69 Å². The van der Waals surface area contributed by atoms with Crippen molar-refractivity contribution in [3.8, 4) is 0 Å². The van der Waals surface area contributed by atoms with Gasteiger partial charge >= 0.3 is 0 Å². The van der Waals surface area contributed by atoms with Gasteiger partial charge in [0.15, 0.2) is 0 Å². The predicted molar refractivity (Wildman–Crippen MR) is 80.8 cm³/mol. The van der Waals surface area contributed by atoms with Crippen LogP contribution >= 0.6 is 0 Å². The van der Waals surface area contributed by atoms with Gasteiger partial charge in [-0.05, 0) is 36.1 Å². The van der Waals surface area contributed by atoms with E-state index in [9.17, 15) is 5.11 Å². The fourth-order valence-corrected chi connectivity index (χ4v) is 2.69. The van der Waals surface area contributed by atoms with Gasteiger partial charge in [-0.25, -0.2) is 0 Å².